The van der Waals surface area contributed by atoms with Gasteiger partial charge in [-0.05, 0) is 30.4 Å². The van der Waals surface area contributed by atoms with E-state index in [-0.39, 0.29) is 12.3 Å². The molecule has 18 heavy (non-hydrogen) atoms. The Kier molecular flexibility index (Phi) is 6.27. The Labute approximate surface area is 110 Å². The molecule has 100 valence electrons. The summed E-state index contributed by atoms with van der Waals surface area (Å²) in [6, 6.07) is -0.797. The number of nitrogens with one attached hydrogen (secondary N) is 2. The summed E-state index contributed by atoms with van der Waals surface area (Å²) < 4.78 is 0. The molecular weight excluding hydrogens is 254 g/mol. The molecule has 1 unspecified atom stereocenters. The Hall–Kier alpha value is -1.50. The van der Waals surface area contributed by atoms with Gasteiger partial charge in [0.2, 0.25) is 5.91 Å². The molecule has 0 saturated heterocycles. The molecule has 1 aromatic rings. The van der Waals surface area contributed by atoms with Crippen molar-refractivity contribution >= 4 is 23.6 Å². The second kappa shape index (κ2) is 7.75. The van der Waals surface area contributed by atoms with Crippen LogP contribution in [0.25, 0.3) is 0 Å². The summed E-state index contributed by atoms with van der Waals surface area (Å²) in [4.78, 5) is 22.5. The number of carbonyl (C=O) groups is 2. The molecule has 7 heteroatoms. The number of thioether (sulfide) groups is 1. The average molecular weight is 271 g/mol. The number of carbonyl (C=O) groups excluding carboxylic acids is 1. The lowest BCUT2D eigenvalue weighted by molar-refractivity contribution is -0.141. The van der Waals surface area contributed by atoms with Crippen molar-refractivity contribution in [3.05, 3.63) is 18.0 Å². The lowest BCUT2D eigenvalue weighted by Crippen LogP contribution is -2.41. The van der Waals surface area contributed by atoms with Gasteiger partial charge in [0.1, 0.15) is 6.04 Å². The molecule has 0 saturated carbocycles. The molecule has 3 N–H and O–H groups in total. The number of hydrogen-bond acceptors (Lipinski definition) is 4. The van der Waals surface area contributed by atoms with E-state index < -0.39 is 12.0 Å². The molecule has 0 bridgehead atoms. The van der Waals surface area contributed by atoms with Crippen molar-refractivity contribution in [3.63, 3.8) is 0 Å². The van der Waals surface area contributed by atoms with Gasteiger partial charge in [-0.15, -0.1) is 0 Å². The minimum Gasteiger partial charge on any atom is -0.480 e. The maximum absolute atomic E-state index is 11.6. The third-order valence-electron chi connectivity index (χ3n) is 2.44. The summed E-state index contributed by atoms with van der Waals surface area (Å²) in [5, 5.41) is 17.9. The molecule has 1 amide bonds. The van der Waals surface area contributed by atoms with Crippen LogP contribution >= 0.6 is 11.8 Å². The van der Waals surface area contributed by atoms with Gasteiger partial charge in [0, 0.05) is 12.6 Å². The standard InChI is InChI=1S/C11H17N3O3S/c1-18-5-4-9(11(16)17)14-10(15)3-2-8-6-12-13-7-8/h6-7,9H,2-5H2,1H3,(H,12,13)(H,14,15)(H,16,17). The SMILES string of the molecule is CSCCC(NC(=O)CCc1cn[nH]c1)C(=O)O. The molecule has 0 spiro atoms. The third-order valence-corrected chi connectivity index (χ3v) is 3.08. The van der Waals surface area contributed by atoms with E-state index in [1.807, 2.05) is 6.26 Å². The van der Waals surface area contributed by atoms with Crippen LogP contribution in [-0.4, -0.2) is 45.2 Å². The number of rotatable bonds is 8. The number of hydrogen-bond donors (Lipinski definition) is 3. The van der Waals surface area contributed by atoms with Crippen LogP contribution in [0.3, 0.4) is 0 Å². The highest BCUT2D eigenvalue weighted by molar-refractivity contribution is 7.98. The number of H-pyrrole nitrogens is 1. The molecule has 1 rings (SSSR count). The molecule has 6 nitrogen and oxygen atoms in total. The second-order valence-electron chi connectivity index (χ2n) is 3.85. The van der Waals surface area contributed by atoms with Gasteiger partial charge in [-0.1, -0.05) is 0 Å². The third kappa shape index (κ3) is 5.22. The summed E-state index contributed by atoms with van der Waals surface area (Å²) in [5.41, 5.74) is 0.932. The van der Waals surface area contributed by atoms with Crippen molar-refractivity contribution < 1.29 is 14.7 Å². The van der Waals surface area contributed by atoms with E-state index in [9.17, 15) is 9.59 Å². The Morgan fingerprint density at radius 3 is 2.94 bits per heavy atom. The summed E-state index contributed by atoms with van der Waals surface area (Å²) in [5.74, 6) is -0.524. The van der Waals surface area contributed by atoms with Crippen molar-refractivity contribution in [2.45, 2.75) is 25.3 Å². The van der Waals surface area contributed by atoms with Gasteiger partial charge in [-0.25, -0.2) is 4.79 Å². The van der Waals surface area contributed by atoms with Crippen LogP contribution in [0.4, 0.5) is 0 Å². The van der Waals surface area contributed by atoms with E-state index in [0.29, 0.717) is 18.6 Å². The van der Waals surface area contributed by atoms with Crippen molar-refractivity contribution in [2.24, 2.45) is 0 Å². The zero-order valence-electron chi connectivity index (χ0n) is 10.2. The summed E-state index contributed by atoms with van der Waals surface area (Å²) >= 11 is 1.56. The monoisotopic (exact) mass is 271 g/mol. The average Bonchev–Trinajstić information content (AvgIpc) is 2.84. The van der Waals surface area contributed by atoms with Gasteiger partial charge in [0.15, 0.2) is 0 Å². The minimum absolute atomic E-state index is 0.246. The number of aryl methyl sites for hydroxylation is 1. The van der Waals surface area contributed by atoms with Gasteiger partial charge >= 0.3 is 5.97 Å². The van der Waals surface area contributed by atoms with Gasteiger partial charge in [-0.3, -0.25) is 9.89 Å². The van der Waals surface area contributed by atoms with E-state index in [2.05, 4.69) is 15.5 Å². The summed E-state index contributed by atoms with van der Waals surface area (Å²) in [6.07, 6.45) is 6.53. The van der Waals surface area contributed by atoms with Gasteiger partial charge in [-0.2, -0.15) is 16.9 Å². The Morgan fingerprint density at radius 1 is 1.61 bits per heavy atom. The number of nitrogens with zero attached hydrogens (tertiary/aromatic N) is 1. The van der Waals surface area contributed by atoms with Gasteiger partial charge in [0.05, 0.1) is 6.20 Å². The maximum Gasteiger partial charge on any atom is 0.326 e. The lowest BCUT2D eigenvalue weighted by atomic mass is 10.1. The lowest BCUT2D eigenvalue weighted by Gasteiger charge is -2.13. The predicted molar refractivity (Wildman–Crippen MR) is 69.5 cm³/mol. The Bertz CT molecular complexity index is 381. The summed E-state index contributed by atoms with van der Waals surface area (Å²) in [6.45, 7) is 0. The van der Waals surface area contributed by atoms with Crippen molar-refractivity contribution in [1.82, 2.24) is 15.5 Å². The number of aromatic nitrogens is 2. The molecule has 0 aliphatic carbocycles. The molecule has 1 aromatic heterocycles. The fraction of sp³-hybridized carbons (Fsp3) is 0.545. The van der Waals surface area contributed by atoms with Crippen molar-refractivity contribution in [1.29, 1.82) is 0 Å². The highest BCUT2D eigenvalue weighted by atomic mass is 32.2. The van der Waals surface area contributed by atoms with Crippen LogP contribution in [0.2, 0.25) is 0 Å². The highest BCUT2D eigenvalue weighted by Crippen LogP contribution is 2.03. The quantitative estimate of drug-likeness (QED) is 0.646. The van der Waals surface area contributed by atoms with Crippen LogP contribution in [0.15, 0.2) is 12.4 Å². The first kappa shape index (κ1) is 14.6. The van der Waals surface area contributed by atoms with E-state index in [0.717, 1.165) is 5.56 Å². The first-order chi connectivity index (χ1) is 8.63. The first-order valence-electron chi connectivity index (χ1n) is 5.62. The van der Waals surface area contributed by atoms with Crippen LogP contribution in [0, 0.1) is 0 Å². The van der Waals surface area contributed by atoms with Crippen LogP contribution in [0.5, 0.6) is 0 Å². The zero-order valence-corrected chi connectivity index (χ0v) is 11.0. The first-order valence-corrected chi connectivity index (χ1v) is 7.01. The largest absolute Gasteiger partial charge is 0.480 e. The van der Waals surface area contributed by atoms with Crippen LogP contribution in [0.1, 0.15) is 18.4 Å². The fourth-order valence-electron chi connectivity index (χ4n) is 1.43. The van der Waals surface area contributed by atoms with E-state index in [1.165, 1.54) is 0 Å². The second-order valence-corrected chi connectivity index (χ2v) is 4.83. The fourth-order valence-corrected chi connectivity index (χ4v) is 1.90. The van der Waals surface area contributed by atoms with Crippen LogP contribution < -0.4 is 5.32 Å². The molecule has 0 aliphatic heterocycles. The zero-order chi connectivity index (χ0) is 13.4. The molecule has 0 radical (unpaired) electrons. The molecule has 1 heterocycles. The van der Waals surface area contributed by atoms with Gasteiger partial charge in [0.25, 0.3) is 0 Å². The smallest absolute Gasteiger partial charge is 0.326 e. The van der Waals surface area contributed by atoms with Gasteiger partial charge < -0.3 is 10.4 Å². The number of amides is 1. The molecule has 1 atom stereocenters. The van der Waals surface area contributed by atoms with E-state index in [1.54, 1.807) is 24.2 Å². The molecule has 0 aromatic carbocycles. The number of carboxylic acids is 1. The Balaban J connectivity index is 2.34. The molecule has 0 fully saturated rings. The highest BCUT2D eigenvalue weighted by Gasteiger charge is 2.18. The number of aliphatic carboxylic acids is 1. The van der Waals surface area contributed by atoms with E-state index in [4.69, 9.17) is 5.11 Å². The normalized spacial score (nSPS) is 12.1. The van der Waals surface area contributed by atoms with Crippen molar-refractivity contribution in [2.75, 3.05) is 12.0 Å². The molecule has 0 aliphatic rings. The number of aromatic amines is 1. The van der Waals surface area contributed by atoms with E-state index >= 15 is 0 Å². The predicted octanol–water partition coefficient (Wildman–Crippen LogP) is 0.665. The molecular formula is C11H17N3O3S. The Morgan fingerprint density at radius 2 is 2.39 bits per heavy atom. The number of carboxylic acid groups (broad SMARTS) is 1. The summed E-state index contributed by atoms with van der Waals surface area (Å²) in [7, 11) is 0. The van der Waals surface area contributed by atoms with Crippen LogP contribution in [-0.2, 0) is 16.0 Å². The maximum atomic E-state index is 11.6. The van der Waals surface area contributed by atoms with Crippen molar-refractivity contribution in [3.8, 4) is 0 Å². The minimum atomic E-state index is -0.985. The topological polar surface area (TPSA) is 95.1 Å².